The summed E-state index contributed by atoms with van der Waals surface area (Å²) in [6, 6.07) is 15.3. The Balaban J connectivity index is 1.76. The summed E-state index contributed by atoms with van der Waals surface area (Å²) >= 11 is 1.56. The number of benzene rings is 2. The molecule has 3 aromatic rings. The van der Waals surface area contributed by atoms with Crippen LogP contribution in [0.25, 0.3) is 0 Å². The minimum atomic E-state index is -0.346. The number of amides is 2. The van der Waals surface area contributed by atoms with Crippen LogP contribution < -0.4 is 5.32 Å². The second-order valence-electron chi connectivity index (χ2n) is 6.88. The quantitative estimate of drug-likeness (QED) is 0.720. The first-order valence-electron chi connectivity index (χ1n) is 8.99. The molecule has 1 N–H and O–H groups in total. The summed E-state index contributed by atoms with van der Waals surface area (Å²) < 4.78 is 13.2. The number of nitrogens with one attached hydrogen (secondary N) is 1. The lowest BCUT2D eigenvalue weighted by Crippen LogP contribution is -2.39. The van der Waals surface area contributed by atoms with E-state index < -0.39 is 0 Å². The van der Waals surface area contributed by atoms with Gasteiger partial charge < -0.3 is 10.2 Å². The molecule has 1 aromatic heterocycles. The second kappa shape index (κ2) is 7.56. The van der Waals surface area contributed by atoms with E-state index in [2.05, 4.69) is 5.32 Å². The van der Waals surface area contributed by atoms with Gasteiger partial charge in [0.05, 0.1) is 12.5 Å². The van der Waals surface area contributed by atoms with E-state index in [1.165, 1.54) is 12.1 Å². The van der Waals surface area contributed by atoms with Gasteiger partial charge in [0.15, 0.2) is 0 Å². The minimum absolute atomic E-state index is 0.0314. The molecule has 1 atom stereocenters. The molecule has 0 fully saturated rings. The Morgan fingerprint density at radius 1 is 1.21 bits per heavy atom. The van der Waals surface area contributed by atoms with E-state index in [9.17, 15) is 14.0 Å². The molecule has 6 heteroatoms. The Morgan fingerprint density at radius 3 is 2.71 bits per heavy atom. The van der Waals surface area contributed by atoms with Crippen molar-refractivity contribution >= 4 is 28.8 Å². The number of anilines is 1. The monoisotopic (exact) mass is 394 g/mol. The van der Waals surface area contributed by atoms with Gasteiger partial charge in [-0.25, -0.2) is 4.39 Å². The van der Waals surface area contributed by atoms with Crippen molar-refractivity contribution in [2.75, 3.05) is 11.9 Å². The van der Waals surface area contributed by atoms with Crippen molar-refractivity contribution in [1.29, 1.82) is 0 Å². The predicted octanol–water partition coefficient (Wildman–Crippen LogP) is 4.31. The zero-order valence-corrected chi connectivity index (χ0v) is 16.1. The molecule has 0 radical (unpaired) electrons. The summed E-state index contributed by atoms with van der Waals surface area (Å²) in [5, 5.41) is 4.89. The number of hydrogen-bond donors (Lipinski definition) is 1. The molecule has 0 aliphatic carbocycles. The van der Waals surface area contributed by atoms with Crippen molar-refractivity contribution in [3.8, 4) is 0 Å². The zero-order chi connectivity index (χ0) is 19.7. The van der Waals surface area contributed by atoms with Gasteiger partial charge in [0.1, 0.15) is 12.4 Å². The number of aryl methyl sites for hydroxylation is 1. The molecule has 0 bridgehead atoms. The molecular weight excluding hydrogens is 375 g/mol. The molecule has 4 nitrogen and oxygen atoms in total. The molecule has 1 unspecified atom stereocenters. The van der Waals surface area contributed by atoms with Gasteiger partial charge in [-0.1, -0.05) is 35.9 Å². The average molecular weight is 394 g/mol. The van der Waals surface area contributed by atoms with Crippen molar-refractivity contribution < 1.29 is 14.0 Å². The molecule has 2 amide bonds. The first-order chi connectivity index (χ1) is 13.5. The summed E-state index contributed by atoms with van der Waals surface area (Å²) in [7, 11) is 0. The Labute approximate surface area is 166 Å². The highest BCUT2D eigenvalue weighted by Crippen LogP contribution is 2.38. The van der Waals surface area contributed by atoms with Crippen molar-refractivity contribution in [2.45, 2.75) is 19.4 Å². The fourth-order valence-electron chi connectivity index (χ4n) is 3.49. The van der Waals surface area contributed by atoms with E-state index in [0.29, 0.717) is 5.56 Å². The Kier molecular flexibility index (Phi) is 4.96. The summed E-state index contributed by atoms with van der Waals surface area (Å²) in [6.45, 7) is 1.96. The number of carbonyl (C=O) groups is 2. The lowest BCUT2D eigenvalue weighted by molar-refractivity contribution is -0.135. The van der Waals surface area contributed by atoms with Gasteiger partial charge in [-0.15, -0.1) is 11.3 Å². The lowest BCUT2D eigenvalue weighted by atomic mass is 9.99. The summed E-state index contributed by atoms with van der Waals surface area (Å²) in [5.74, 6) is -0.739. The third kappa shape index (κ3) is 3.68. The van der Waals surface area contributed by atoms with Crippen LogP contribution in [0, 0.1) is 12.7 Å². The van der Waals surface area contributed by atoms with Gasteiger partial charge >= 0.3 is 0 Å². The summed E-state index contributed by atoms with van der Waals surface area (Å²) in [5.41, 5.74) is 3.40. The molecule has 1 aliphatic heterocycles. The third-order valence-corrected chi connectivity index (χ3v) is 5.73. The van der Waals surface area contributed by atoms with Gasteiger partial charge in [-0.05, 0) is 42.1 Å². The number of thiophene rings is 1. The van der Waals surface area contributed by atoms with Crippen LogP contribution in [0.5, 0.6) is 0 Å². The normalized spacial score (nSPS) is 16.3. The summed E-state index contributed by atoms with van der Waals surface area (Å²) in [4.78, 5) is 28.3. The van der Waals surface area contributed by atoms with Crippen molar-refractivity contribution in [2.24, 2.45) is 0 Å². The molecule has 4 rings (SSSR count). The Bertz CT molecular complexity index is 1020. The topological polar surface area (TPSA) is 49.4 Å². The highest BCUT2D eigenvalue weighted by Gasteiger charge is 2.33. The molecule has 0 saturated carbocycles. The maximum absolute atomic E-state index is 13.2. The van der Waals surface area contributed by atoms with Crippen molar-refractivity contribution in [3.05, 3.63) is 87.4 Å². The van der Waals surface area contributed by atoms with Gasteiger partial charge in [-0.3, -0.25) is 9.59 Å². The molecule has 2 heterocycles. The Hall–Kier alpha value is -2.99. The second-order valence-corrected chi connectivity index (χ2v) is 7.86. The highest BCUT2D eigenvalue weighted by atomic mass is 32.1. The van der Waals surface area contributed by atoms with Gasteiger partial charge in [0.2, 0.25) is 11.8 Å². The van der Waals surface area contributed by atoms with Crippen LogP contribution in [0.15, 0.2) is 60.0 Å². The SMILES string of the molecule is Cc1ccc2c(c1)C(c1cccs1)N(C(=O)Cc1ccc(F)cc1)CC(=O)N2. The number of rotatable bonds is 3. The third-order valence-electron chi connectivity index (χ3n) is 4.80. The predicted molar refractivity (Wildman–Crippen MR) is 108 cm³/mol. The van der Waals surface area contributed by atoms with Gasteiger partial charge in [-0.2, -0.15) is 0 Å². The number of nitrogens with zero attached hydrogens (tertiary/aromatic N) is 1. The largest absolute Gasteiger partial charge is 0.324 e. The standard InChI is InChI=1S/C22H19FN2O2S/c1-14-4-9-18-17(11-14)22(19-3-2-10-28-19)25(13-20(26)24-18)21(27)12-15-5-7-16(23)8-6-15/h2-11,22H,12-13H2,1H3,(H,24,26). The van der Waals surface area contributed by atoms with Crippen LogP contribution in [-0.4, -0.2) is 23.3 Å². The van der Waals surface area contributed by atoms with Gasteiger partial charge in [0.25, 0.3) is 0 Å². The first-order valence-corrected chi connectivity index (χ1v) is 9.87. The van der Waals surface area contributed by atoms with E-state index in [1.54, 1.807) is 28.4 Å². The van der Waals surface area contributed by atoms with E-state index in [-0.39, 0.29) is 36.6 Å². The number of fused-ring (bicyclic) bond motifs is 1. The maximum Gasteiger partial charge on any atom is 0.244 e. The highest BCUT2D eigenvalue weighted by molar-refractivity contribution is 7.10. The zero-order valence-electron chi connectivity index (χ0n) is 15.3. The molecule has 28 heavy (non-hydrogen) atoms. The van der Waals surface area contributed by atoms with Crippen LogP contribution >= 0.6 is 11.3 Å². The molecule has 0 spiro atoms. The molecule has 1 aliphatic rings. The van der Waals surface area contributed by atoms with E-state index in [0.717, 1.165) is 21.7 Å². The van der Waals surface area contributed by atoms with Crippen molar-refractivity contribution in [3.63, 3.8) is 0 Å². The van der Waals surface area contributed by atoms with Crippen LogP contribution in [0.2, 0.25) is 0 Å². The van der Waals surface area contributed by atoms with E-state index in [1.807, 2.05) is 42.6 Å². The van der Waals surface area contributed by atoms with Crippen LogP contribution in [-0.2, 0) is 16.0 Å². The van der Waals surface area contributed by atoms with Gasteiger partial charge in [0, 0.05) is 16.1 Å². The van der Waals surface area contributed by atoms with Crippen LogP contribution in [0.3, 0.4) is 0 Å². The fraction of sp³-hybridized carbons (Fsp3) is 0.182. The lowest BCUT2D eigenvalue weighted by Gasteiger charge is -2.29. The fourth-order valence-corrected chi connectivity index (χ4v) is 4.34. The summed E-state index contributed by atoms with van der Waals surface area (Å²) in [6.07, 6.45) is 0.108. The molecular formula is C22H19FN2O2S. The minimum Gasteiger partial charge on any atom is -0.324 e. The van der Waals surface area contributed by atoms with Crippen molar-refractivity contribution in [1.82, 2.24) is 4.90 Å². The first kappa shape index (κ1) is 18.4. The van der Waals surface area contributed by atoms with Crippen LogP contribution in [0.1, 0.15) is 27.6 Å². The molecule has 142 valence electrons. The van der Waals surface area contributed by atoms with E-state index >= 15 is 0 Å². The Morgan fingerprint density at radius 2 is 2.00 bits per heavy atom. The van der Waals surface area contributed by atoms with E-state index in [4.69, 9.17) is 0 Å². The smallest absolute Gasteiger partial charge is 0.244 e. The number of carbonyl (C=O) groups excluding carboxylic acids is 2. The number of hydrogen-bond acceptors (Lipinski definition) is 3. The molecule has 2 aromatic carbocycles. The average Bonchev–Trinajstić information content (AvgIpc) is 3.14. The molecule has 0 saturated heterocycles. The maximum atomic E-state index is 13.2. The van der Waals surface area contributed by atoms with Crippen LogP contribution in [0.4, 0.5) is 10.1 Å². The number of halogens is 1.